The second-order valence-electron chi connectivity index (χ2n) is 13.2. The molecule has 4 heteroatoms. The second-order valence-corrected chi connectivity index (χ2v) is 17.6. The van der Waals surface area contributed by atoms with Crippen molar-refractivity contribution in [2.45, 2.75) is 19.3 Å². The summed E-state index contributed by atoms with van der Waals surface area (Å²) in [5.41, 5.74) is 3.88. The zero-order valence-corrected chi connectivity index (χ0v) is 31.6. The Labute approximate surface area is 315 Å². The number of nitrogens with one attached hydrogen (secondary N) is 1. The zero-order valence-electron chi connectivity index (χ0n) is 29.8. The lowest BCUT2D eigenvalue weighted by Gasteiger charge is -2.28. The fraction of sp³-hybridized carbons (Fsp3) is 0.0816. The van der Waals surface area contributed by atoms with Crippen molar-refractivity contribution in [2.75, 3.05) is 7.05 Å². The Balaban J connectivity index is 1.46. The minimum atomic E-state index is -0.923. The van der Waals surface area contributed by atoms with E-state index < -0.39 is 15.8 Å². The Kier molecular flexibility index (Phi) is 10.5. The Morgan fingerprint density at radius 2 is 0.906 bits per heavy atom. The predicted octanol–water partition coefficient (Wildman–Crippen LogP) is 9.25. The van der Waals surface area contributed by atoms with Crippen LogP contribution in [0.4, 0.5) is 0 Å². The largest absolute Gasteiger partial charge is 0.359 e. The van der Waals surface area contributed by atoms with Gasteiger partial charge in [-0.05, 0) is 98.7 Å². The highest BCUT2D eigenvalue weighted by Crippen LogP contribution is 2.45. The van der Waals surface area contributed by atoms with Gasteiger partial charge < -0.3 is 5.32 Å². The van der Waals surface area contributed by atoms with Crippen molar-refractivity contribution in [1.29, 1.82) is 0 Å². The third-order valence-corrected chi connectivity index (χ3v) is 14.9. The molecule has 53 heavy (non-hydrogen) atoms. The van der Waals surface area contributed by atoms with Gasteiger partial charge in [-0.2, -0.15) is 0 Å². The van der Waals surface area contributed by atoms with Gasteiger partial charge in [0.25, 0.3) is 0 Å². The number of carbonyl (C=O) groups is 1. The molecule has 1 amide bonds. The highest BCUT2D eigenvalue weighted by molar-refractivity contribution is 7.80. The van der Waals surface area contributed by atoms with Gasteiger partial charge in [0.1, 0.15) is 0 Å². The number of benzene rings is 8. The number of amides is 1. The zero-order chi connectivity index (χ0) is 36.0. The third-order valence-electron chi connectivity index (χ3n) is 9.91. The van der Waals surface area contributed by atoms with Crippen molar-refractivity contribution in [3.63, 3.8) is 0 Å². The topological polar surface area (TPSA) is 29.1 Å². The standard InChI is InChI=1S/C49H41NOP2/c1-50-47(51)28-16-17-36-29-32-44-38(35-36)31-34-46(53(41-23-10-4-11-24-41)42-25-12-5-13-26-42)49(44)48-43-27-15-14-18-37(43)30-33-45(48)52(39-19-6-2-7-20-39)40-21-8-3-9-22-40/h2-15,18-27,29-35H,16-17,28H2,1H3,(H,50,51). The van der Waals surface area contributed by atoms with Crippen molar-refractivity contribution >= 4 is 75.1 Å². The Morgan fingerprint density at radius 1 is 0.472 bits per heavy atom. The van der Waals surface area contributed by atoms with Crippen LogP contribution in [0.25, 0.3) is 32.7 Å². The SMILES string of the molecule is CNC(=O)CCCc1ccc2c(-c3c(P(c4ccccc4)c4ccccc4)ccc4ccccc34)c(P(c3ccccc3)c3ccccc3)ccc2c1. The van der Waals surface area contributed by atoms with Crippen molar-refractivity contribution in [2.24, 2.45) is 0 Å². The summed E-state index contributed by atoms with van der Waals surface area (Å²) in [6, 6.07) is 69.6. The lowest BCUT2D eigenvalue weighted by Crippen LogP contribution is -2.26. The molecule has 0 saturated heterocycles. The summed E-state index contributed by atoms with van der Waals surface area (Å²) in [6.45, 7) is 0. The number of aryl methyl sites for hydroxylation is 1. The molecular formula is C49H41NOP2. The fourth-order valence-electron chi connectivity index (χ4n) is 7.42. The fourth-order valence-corrected chi connectivity index (χ4v) is 12.4. The van der Waals surface area contributed by atoms with Crippen molar-refractivity contribution in [3.8, 4) is 11.1 Å². The van der Waals surface area contributed by atoms with Crippen LogP contribution in [-0.4, -0.2) is 13.0 Å². The number of hydrogen-bond donors (Lipinski definition) is 1. The molecule has 0 bridgehead atoms. The van der Waals surface area contributed by atoms with E-state index in [0.717, 1.165) is 12.8 Å². The molecule has 8 aromatic rings. The van der Waals surface area contributed by atoms with Gasteiger partial charge in [-0.3, -0.25) is 4.79 Å². The van der Waals surface area contributed by atoms with Crippen LogP contribution in [0.2, 0.25) is 0 Å². The summed E-state index contributed by atoms with van der Waals surface area (Å²) in [7, 11) is -0.126. The minimum absolute atomic E-state index is 0.0877. The third kappa shape index (κ3) is 7.31. The van der Waals surface area contributed by atoms with E-state index >= 15 is 0 Å². The molecule has 0 heterocycles. The van der Waals surface area contributed by atoms with Crippen molar-refractivity contribution < 1.29 is 4.79 Å². The van der Waals surface area contributed by atoms with Gasteiger partial charge in [-0.25, -0.2) is 0 Å². The van der Waals surface area contributed by atoms with Crippen molar-refractivity contribution in [3.05, 3.63) is 194 Å². The number of fused-ring (bicyclic) bond motifs is 2. The van der Waals surface area contributed by atoms with Crippen LogP contribution in [0.3, 0.4) is 0 Å². The molecule has 0 unspecified atom stereocenters. The lowest BCUT2D eigenvalue weighted by atomic mass is 9.92. The van der Waals surface area contributed by atoms with Crippen LogP contribution in [0.15, 0.2) is 188 Å². The molecule has 0 aliphatic carbocycles. The predicted molar refractivity (Wildman–Crippen MR) is 231 cm³/mol. The summed E-state index contributed by atoms with van der Waals surface area (Å²) in [5, 5.41) is 15.8. The number of carbonyl (C=O) groups excluding carboxylic acids is 1. The molecule has 0 spiro atoms. The van der Waals surface area contributed by atoms with E-state index in [1.807, 2.05) is 0 Å². The van der Waals surface area contributed by atoms with Gasteiger partial charge >= 0.3 is 0 Å². The normalized spacial score (nSPS) is 11.4. The van der Waals surface area contributed by atoms with Gasteiger partial charge in [0.2, 0.25) is 5.91 Å². The van der Waals surface area contributed by atoms with Crippen LogP contribution in [0.1, 0.15) is 18.4 Å². The van der Waals surface area contributed by atoms with E-state index in [-0.39, 0.29) is 5.91 Å². The first-order chi connectivity index (χ1) is 26.2. The van der Waals surface area contributed by atoms with Gasteiger partial charge in [-0.1, -0.05) is 188 Å². The smallest absolute Gasteiger partial charge is 0.219 e. The molecule has 2 nitrogen and oxygen atoms in total. The monoisotopic (exact) mass is 721 g/mol. The van der Waals surface area contributed by atoms with Gasteiger partial charge in [0, 0.05) is 13.5 Å². The second kappa shape index (κ2) is 16.1. The van der Waals surface area contributed by atoms with Crippen LogP contribution in [0, 0.1) is 0 Å². The molecule has 0 aromatic heterocycles. The quantitative estimate of drug-likeness (QED) is 0.133. The number of rotatable bonds is 11. The molecule has 0 radical (unpaired) electrons. The van der Waals surface area contributed by atoms with Gasteiger partial charge in [0.15, 0.2) is 0 Å². The van der Waals surface area contributed by atoms with E-state index in [9.17, 15) is 4.79 Å². The Morgan fingerprint density at radius 3 is 1.40 bits per heavy atom. The molecule has 0 atom stereocenters. The molecule has 0 fully saturated rings. The first-order valence-electron chi connectivity index (χ1n) is 18.3. The maximum absolute atomic E-state index is 12.0. The molecule has 8 rings (SSSR count). The van der Waals surface area contributed by atoms with E-state index in [1.54, 1.807) is 7.05 Å². The van der Waals surface area contributed by atoms with Gasteiger partial charge in [0.05, 0.1) is 0 Å². The lowest BCUT2D eigenvalue weighted by molar-refractivity contribution is -0.120. The van der Waals surface area contributed by atoms with Crippen LogP contribution < -0.4 is 37.1 Å². The average Bonchev–Trinajstić information content (AvgIpc) is 3.22. The summed E-state index contributed by atoms with van der Waals surface area (Å²) in [5.74, 6) is 0.0877. The molecule has 0 aliphatic rings. The van der Waals surface area contributed by atoms with E-state index in [4.69, 9.17) is 0 Å². The van der Waals surface area contributed by atoms with Crippen LogP contribution in [0.5, 0.6) is 0 Å². The van der Waals surface area contributed by atoms with Crippen LogP contribution >= 0.6 is 15.8 Å². The Hall–Kier alpha value is -5.39. The van der Waals surface area contributed by atoms with E-state index in [2.05, 4.69) is 193 Å². The highest BCUT2D eigenvalue weighted by Gasteiger charge is 2.28. The van der Waals surface area contributed by atoms with Gasteiger partial charge in [-0.15, -0.1) is 0 Å². The molecular weight excluding hydrogens is 680 g/mol. The average molecular weight is 722 g/mol. The molecule has 8 aromatic carbocycles. The maximum atomic E-state index is 12.0. The first kappa shape index (κ1) is 34.7. The summed E-state index contributed by atoms with van der Waals surface area (Å²) in [4.78, 5) is 12.0. The molecule has 258 valence electrons. The molecule has 0 aliphatic heterocycles. The molecule has 1 N–H and O–H groups in total. The molecule has 0 saturated carbocycles. The first-order valence-corrected chi connectivity index (χ1v) is 21.0. The highest BCUT2D eigenvalue weighted by atomic mass is 31.1. The van der Waals surface area contributed by atoms with Crippen molar-refractivity contribution in [1.82, 2.24) is 5.32 Å². The summed E-state index contributed by atoms with van der Waals surface area (Å²) < 4.78 is 0. The van der Waals surface area contributed by atoms with E-state index in [1.165, 1.54) is 70.1 Å². The van der Waals surface area contributed by atoms with Crippen LogP contribution in [-0.2, 0) is 11.2 Å². The number of hydrogen-bond acceptors (Lipinski definition) is 1. The summed E-state index contributed by atoms with van der Waals surface area (Å²) in [6.07, 6.45) is 2.20. The minimum Gasteiger partial charge on any atom is -0.359 e. The van der Waals surface area contributed by atoms with E-state index in [0.29, 0.717) is 6.42 Å². The summed E-state index contributed by atoms with van der Waals surface area (Å²) >= 11 is 0. The maximum Gasteiger partial charge on any atom is 0.219 e. The Bertz CT molecular complexity index is 2410.